The third-order valence-corrected chi connectivity index (χ3v) is 3.81. The second-order valence-corrected chi connectivity index (χ2v) is 5.64. The number of anilines is 1. The Kier molecular flexibility index (Phi) is 5.67. The molecule has 1 N–H and O–H groups in total. The summed E-state index contributed by atoms with van der Waals surface area (Å²) in [6.07, 6.45) is 4.18. The van der Waals surface area contributed by atoms with Gasteiger partial charge in [-0.2, -0.15) is 0 Å². The monoisotopic (exact) mass is 261 g/mol. The minimum atomic E-state index is 0.968. The van der Waals surface area contributed by atoms with E-state index in [1.165, 1.54) is 50.1 Å². The maximum atomic E-state index is 3.55. The molecule has 1 aromatic rings. The van der Waals surface area contributed by atoms with Crippen molar-refractivity contribution in [2.24, 2.45) is 0 Å². The Labute approximate surface area is 117 Å². The van der Waals surface area contributed by atoms with Gasteiger partial charge in [-0.15, -0.1) is 0 Å². The van der Waals surface area contributed by atoms with E-state index in [9.17, 15) is 0 Å². The summed E-state index contributed by atoms with van der Waals surface area (Å²) >= 11 is 0. The average Bonchev–Trinajstić information content (AvgIpc) is 2.45. The predicted octanol–water partition coefficient (Wildman–Crippen LogP) is 2.33. The zero-order valence-corrected chi connectivity index (χ0v) is 12.4. The van der Waals surface area contributed by atoms with Gasteiger partial charge >= 0.3 is 0 Å². The Hall–Kier alpha value is -1.06. The third kappa shape index (κ3) is 4.84. The summed E-state index contributed by atoms with van der Waals surface area (Å²) in [5, 5.41) is 3.55. The van der Waals surface area contributed by atoms with Crippen LogP contribution in [0.2, 0.25) is 0 Å². The van der Waals surface area contributed by atoms with Gasteiger partial charge in [0.05, 0.1) is 0 Å². The molecule has 106 valence electrons. The average molecular weight is 261 g/mol. The fourth-order valence-electron chi connectivity index (χ4n) is 2.60. The van der Waals surface area contributed by atoms with E-state index in [1.807, 2.05) is 0 Å². The molecule has 2 rings (SSSR count). The number of rotatable bonds is 6. The summed E-state index contributed by atoms with van der Waals surface area (Å²) in [4.78, 5) is 4.73. The lowest BCUT2D eigenvalue weighted by molar-refractivity contribution is 0.229. The van der Waals surface area contributed by atoms with Crippen LogP contribution < -0.4 is 10.2 Å². The Morgan fingerprint density at radius 3 is 2.68 bits per heavy atom. The first kappa shape index (κ1) is 14.4. The second-order valence-electron chi connectivity index (χ2n) is 5.64. The molecule has 0 spiro atoms. The molecule has 1 saturated heterocycles. The van der Waals surface area contributed by atoms with Gasteiger partial charge in [-0.05, 0) is 43.6 Å². The highest BCUT2D eigenvalue weighted by Gasteiger charge is 2.08. The molecule has 0 saturated carbocycles. The number of hydrogen-bond acceptors (Lipinski definition) is 3. The van der Waals surface area contributed by atoms with Crippen molar-refractivity contribution in [2.75, 3.05) is 45.2 Å². The zero-order valence-electron chi connectivity index (χ0n) is 12.4. The Bertz CT molecular complexity index is 370. The summed E-state index contributed by atoms with van der Waals surface area (Å²) < 4.78 is 0. The molecule has 19 heavy (non-hydrogen) atoms. The van der Waals surface area contributed by atoms with Crippen molar-refractivity contribution in [1.82, 2.24) is 10.2 Å². The van der Waals surface area contributed by atoms with Crippen molar-refractivity contribution in [1.29, 1.82) is 0 Å². The van der Waals surface area contributed by atoms with Crippen LogP contribution in [0.5, 0.6) is 0 Å². The van der Waals surface area contributed by atoms with Crippen LogP contribution >= 0.6 is 0 Å². The lowest BCUT2D eigenvalue weighted by Crippen LogP contribution is -2.35. The molecule has 1 aliphatic rings. The lowest BCUT2D eigenvalue weighted by Gasteiger charge is -2.26. The van der Waals surface area contributed by atoms with Crippen LogP contribution in [0.25, 0.3) is 0 Å². The lowest BCUT2D eigenvalue weighted by atomic mass is 10.1. The zero-order chi connectivity index (χ0) is 13.5. The van der Waals surface area contributed by atoms with E-state index in [4.69, 9.17) is 0 Å². The van der Waals surface area contributed by atoms with Crippen LogP contribution in [0, 0.1) is 0 Å². The van der Waals surface area contributed by atoms with E-state index in [-0.39, 0.29) is 0 Å². The fourth-order valence-corrected chi connectivity index (χ4v) is 2.60. The van der Waals surface area contributed by atoms with Crippen molar-refractivity contribution in [3.05, 3.63) is 29.8 Å². The van der Waals surface area contributed by atoms with E-state index in [0.717, 1.165) is 13.1 Å². The minimum absolute atomic E-state index is 0.968. The molecule has 1 aromatic carbocycles. The second kappa shape index (κ2) is 7.51. The predicted molar refractivity (Wildman–Crippen MR) is 82.8 cm³/mol. The first-order chi connectivity index (χ1) is 9.25. The van der Waals surface area contributed by atoms with Crippen LogP contribution in [0.4, 0.5) is 5.69 Å². The quantitative estimate of drug-likeness (QED) is 0.793. The maximum Gasteiger partial charge on any atom is 0.0364 e. The molecular formula is C16H27N3. The van der Waals surface area contributed by atoms with Gasteiger partial charge in [0.25, 0.3) is 0 Å². The first-order valence-electron chi connectivity index (χ1n) is 7.45. The van der Waals surface area contributed by atoms with Gasteiger partial charge < -0.3 is 15.1 Å². The Balaban J connectivity index is 1.68. The van der Waals surface area contributed by atoms with Crippen LogP contribution in [0.15, 0.2) is 24.3 Å². The maximum absolute atomic E-state index is 3.55. The van der Waals surface area contributed by atoms with E-state index in [0.29, 0.717) is 0 Å². The smallest absolute Gasteiger partial charge is 0.0364 e. The summed E-state index contributed by atoms with van der Waals surface area (Å²) in [5.74, 6) is 0. The van der Waals surface area contributed by atoms with E-state index in [2.05, 4.69) is 53.5 Å². The van der Waals surface area contributed by atoms with Crippen LogP contribution in [0.3, 0.4) is 0 Å². The highest BCUT2D eigenvalue weighted by atomic mass is 15.1. The number of likely N-dealkylation sites (tertiary alicyclic amines) is 1. The van der Waals surface area contributed by atoms with Gasteiger partial charge in [0.2, 0.25) is 0 Å². The number of nitrogens with zero attached hydrogens (tertiary/aromatic N) is 2. The van der Waals surface area contributed by atoms with Gasteiger partial charge in [0, 0.05) is 39.4 Å². The SMILES string of the molecule is CN(C)c1cccc(CNCCN2CCCCC2)c1. The molecule has 3 heteroatoms. The van der Waals surface area contributed by atoms with Gasteiger partial charge in [-0.25, -0.2) is 0 Å². The molecule has 0 aromatic heterocycles. The van der Waals surface area contributed by atoms with Crippen molar-refractivity contribution in [3.63, 3.8) is 0 Å². The van der Waals surface area contributed by atoms with E-state index >= 15 is 0 Å². The van der Waals surface area contributed by atoms with Gasteiger partial charge in [-0.1, -0.05) is 18.6 Å². The molecule has 0 aliphatic carbocycles. The molecule has 1 heterocycles. The molecule has 0 atom stereocenters. The van der Waals surface area contributed by atoms with Gasteiger partial charge in [0.15, 0.2) is 0 Å². The fraction of sp³-hybridized carbons (Fsp3) is 0.625. The number of nitrogens with one attached hydrogen (secondary N) is 1. The minimum Gasteiger partial charge on any atom is -0.378 e. The molecule has 0 amide bonds. The van der Waals surface area contributed by atoms with Crippen molar-refractivity contribution in [2.45, 2.75) is 25.8 Å². The summed E-state index contributed by atoms with van der Waals surface area (Å²) in [7, 11) is 4.17. The van der Waals surface area contributed by atoms with Crippen molar-refractivity contribution < 1.29 is 0 Å². The first-order valence-corrected chi connectivity index (χ1v) is 7.45. The molecule has 0 unspecified atom stereocenters. The number of hydrogen-bond donors (Lipinski definition) is 1. The topological polar surface area (TPSA) is 18.5 Å². The Morgan fingerprint density at radius 2 is 1.95 bits per heavy atom. The molecule has 3 nitrogen and oxygen atoms in total. The summed E-state index contributed by atoms with van der Waals surface area (Å²) in [5.41, 5.74) is 2.64. The van der Waals surface area contributed by atoms with Gasteiger partial charge in [0.1, 0.15) is 0 Å². The highest BCUT2D eigenvalue weighted by molar-refractivity contribution is 5.47. The molecule has 1 fully saturated rings. The standard InChI is InChI=1S/C16H27N3/c1-18(2)16-8-6-7-15(13-16)14-17-9-12-19-10-4-3-5-11-19/h6-8,13,17H,3-5,9-12,14H2,1-2H3. The van der Waals surface area contributed by atoms with Crippen molar-refractivity contribution in [3.8, 4) is 0 Å². The van der Waals surface area contributed by atoms with Crippen LogP contribution in [0.1, 0.15) is 24.8 Å². The molecule has 1 aliphatic heterocycles. The summed E-state index contributed by atoms with van der Waals surface area (Å²) in [6.45, 7) is 5.82. The molecular weight excluding hydrogens is 234 g/mol. The van der Waals surface area contributed by atoms with Crippen molar-refractivity contribution >= 4 is 5.69 Å². The van der Waals surface area contributed by atoms with Crippen LogP contribution in [-0.4, -0.2) is 45.2 Å². The largest absolute Gasteiger partial charge is 0.378 e. The summed E-state index contributed by atoms with van der Waals surface area (Å²) in [6, 6.07) is 8.74. The van der Waals surface area contributed by atoms with E-state index in [1.54, 1.807) is 0 Å². The number of piperidine rings is 1. The number of benzene rings is 1. The normalized spacial score (nSPS) is 16.5. The highest BCUT2D eigenvalue weighted by Crippen LogP contribution is 2.13. The van der Waals surface area contributed by atoms with Gasteiger partial charge in [-0.3, -0.25) is 0 Å². The molecule has 0 radical (unpaired) electrons. The molecule has 0 bridgehead atoms. The van der Waals surface area contributed by atoms with E-state index < -0.39 is 0 Å². The Morgan fingerprint density at radius 1 is 1.16 bits per heavy atom. The van der Waals surface area contributed by atoms with Crippen LogP contribution in [-0.2, 0) is 6.54 Å². The third-order valence-electron chi connectivity index (χ3n) is 3.81.